The number of carbonyl (C=O) groups is 1. The van der Waals surface area contributed by atoms with Gasteiger partial charge in [-0.05, 0) is 37.1 Å². The molecule has 34 heavy (non-hydrogen) atoms. The van der Waals surface area contributed by atoms with Crippen molar-refractivity contribution >= 4 is 39.5 Å². The highest BCUT2D eigenvalue weighted by atomic mass is 16.4. The minimum Gasteiger partial charge on any atom is -0.481 e. The Morgan fingerprint density at radius 2 is 1.56 bits per heavy atom. The summed E-state index contributed by atoms with van der Waals surface area (Å²) in [4.78, 5) is 21.7. The van der Waals surface area contributed by atoms with E-state index in [4.69, 9.17) is 14.3 Å². The van der Waals surface area contributed by atoms with Crippen LogP contribution >= 0.6 is 0 Å². The summed E-state index contributed by atoms with van der Waals surface area (Å²) in [5, 5.41) is 16.4. The van der Waals surface area contributed by atoms with Gasteiger partial charge in [-0.1, -0.05) is 24.3 Å². The minimum atomic E-state index is -0.833. The second-order valence-corrected chi connectivity index (χ2v) is 8.39. The van der Waals surface area contributed by atoms with Gasteiger partial charge in [0, 0.05) is 66.2 Å². The molecule has 2 aromatic carbocycles. The molecule has 8 heteroatoms. The lowest BCUT2D eigenvalue weighted by Gasteiger charge is -2.14. The van der Waals surface area contributed by atoms with E-state index in [0.717, 1.165) is 96.7 Å². The number of aromatic amines is 1. The number of carboxylic acid groups (broad SMARTS) is 1. The highest BCUT2D eigenvalue weighted by molar-refractivity contribution is 6.03. The Hall–Kier alpha value is -4.07. The predicted molar refractivity (Wildman–Crippen MR) is 135 cm³/mol. The lowest BCUT2D eigenvalue weighted by molar-refractivity contribution is -0.134. The molecule has 0 saturated heterocycles. The molecular weight excluding hydrogens is 430 g/mol. The number of benzene rings is 2. The average Bonchev–Trinajstić information content (AvgIpc) is 3.48. The van der Waals surface area contributed by atoms with E-state index in [2.05, 4.69) is 74.1 Å². The van der Waals surface area contributed by atoms with Crippen LogP contribution in [-0.2, 0) is 4.79 Å². The number of aliphatic carboxylic acids is 1. The number of furan rings is 1. The highest BCUT2D eigenvalue weighted by Crippen LogP contribution is 2.29. The van der Waals surface area contributed by atoms with E-state index in [1.54, 1.807) is 0 Å². The maximum absolute atomic E-state index is 9.00. The topological polar surface area (TPSA) is 115 Å². The van der Waals surface area contributed by atoms with Gasteiger partial charge in [-0.15, -0.1) is 0 Å². The van der Waals surface area contributed by atoms with Crippen molar-refractivity contribution in [2.24, 2.45) is 9.98 Å². The smallest absolute Gasteiger partial charge is 0.300 e. The first-order chi connectivity index (χ1) is 16.6. The summed E-state index contributed by atoms with van der Waals surface area (Å²) < 4.78 is 6.11. The number of H-pyrrole nitrogens is 1. The third kappa shape index (κ3) is 4.66. The summed E-state index contributed by atoms with van der Waals surface area (Å²) in [7, 11) is 0. The van der Waals surface area contributed by atoms with Crippen LogP contribution in [0, 0.1) is 0 Å². The molecule has 0 saturated carbocycles. The zero-order valence-electron chi connectivity index (χ0n) is 19.0. The van der Waals surface area contributed by atoms with Gasteiger partial charge in [-0.2, -0.15) is 0 Å². The molecule has 0 aliphatic carbocycles. The van der Waals surface area contributed by atoms with Crippen molar-refractivity contribution in [2.75, 3.05) is 26.2 Å². The zero-order chi connectivity index (χ0) is 23.5. The largest absolute Gasteiger partial charge is 0.481 e. The van der Waals surface area contributed by atoms with Gasteiger partial charge in [0.1, 0.15) is 11.4 Å². The normalized spacial score (nSPS) is 15.6. The monoisotopic (exact) mass is 457 g/mol. The summed E-state index contributed by atoms with van der Waals surface area (Å²) in [6, 6.07) is 17.1. The van der Waals surface area contributed by atoms with E-state index in [-0.39, 0.29) is 0 Å². The van der Waals surface area contributed by atoms with E-state index in [9.17, 15) is 0 Å². The third-order valence-electron chi connectivity index (χ3n) is 5.75. The van der Waals surface area contributed by atoms with Crippen LogP contribution in [0.25, 0.3) is 33.1 Å². The Morgan fingerprint density at radius 3 is 2.26 bits per heavy atom. The molecule has 2 aromatic heterocycles. The lowest BCUT2D eigenvalue weighted by atomic mass is 10.1. The molecule has 0 radical (unpaired) electrons. The molecule has 0 bridgehead atoms. The molecule has 174 valence electrons. The number of nitrogens with zero attached hydrogens (tertiary/aromatic N) is 2. The first-order valence-corrected chi connectivity index (χ1v) is 11.5. The number of aromatic nitrogens is 1. The van der Waals surface area contributed by atoms with Crippen molar-refractivity contribution < 1.29 is 14.3 Å². The van der Waals surface area contributed by atoms with Gasteiger partial charge in [0.05, 0.1) is 0 Å². The summed E-state index contributed by atoms with van der Waals surface area (Å²) >= 11 is 0. The van der Waals surface area contributed by atoms with Crippen LogP contribution in [0.15, 0.2) is 62.9 Å². The summed E-state index contributed by atoms with van der Waals surface area (Å²) in [5.74, 6) is 1.82. The van der Waals surface area contributed by atoms with Gasteiger partial charge < -0.3 is 25.1 Å². The number of hydrogen-bond acceptors (Lipinski definition) is 6. The van der Waals surface area contributed by atoms with E-state index in [1.807, 2.05) is 0 Å². The van der Waals surface area contributed by atoms with E-state index in [0.29, 0.717) is 0 Å². The van der Waals surface area contributed by atoms with Crippen LogP contribution in [0.2, 0.25) is 0 Å². The maximum atomic E-state index is 9.00. The first-order valence-electron chi connectivity index (χ1n) is 11.5. The number of nitrogens with one attached hydrogen (secondary N) is 3. The SMILES string of the molecule is CC(=O)O.c1cc2cc(-c3ccc4cc(C5=NCCCN5)oc4c3)[nH]c2cc1C1=NCCCN1. The molecule has 8 nitrogen and oxygen atoms in total. The Kier molecular flexibility index (Phi) is 6.03. The number of hydrogen-bond donors (Lipinski definition) is 4. The molecule has 4 N–H and O–H groups in total. The standard InChI is InChI=1S/C24H23N5O.C2H4O2/c1-7-25-23(26-8-1)18-6-4-15-11-19(29-20(15)12-18)16-3-5-17-14-22(30-21(17)13-16)24-27-9-2-10-28-24;1-2(3)4/h3-6,11-14,29H,1-2,7-10H2,(H,25,26)(H,27,28);1H3,(H,3,4). The Labute approximate surface area is 196 Å². The molecular formula is C26H27N5O3. The highest BCUT2D eigenvalue weighted by Gasteiger charge is 2.14. The molecule has 6 rings (SSSR count). The second kappa shape index (κ2) is 9.43. The minimum absolute atomic E-state index is 0.809. The number of aliphatic imine (C=N–C) groups is 2. The van der Waals surface area contributed by atoms with Crippen molar-refractivity contribution in [3.8, 4) is 11.3 Å². The van der Waals surface area contributed by atoms with Gasteiger partial charge in [-0.3, -0.25) is 14.8 Å². The van der Waals surface area contributed by atoms with E-state index in [1.165, 1.54) is 5.39 Å². The molecule has 4 heterocycles. The quantitative estimate of drug-likeness (QED) is 0.369. The first kappa shape index (κ1) is 21.8. The fraction of sp³-hybridized carbons (Fsp3) is 0.269. The van der Waals surface area contributed by atoms with Crippen LogP contribution in [0.3, 0.4) is 0 Å². The van der Waals surface area contributed by atoms with Crippen molar-refractivity contribution in [1.82, 2.24) is 15.6 Å². The molecule has 0 unspecified atom stereocenters. The van der Waals surface area contributed by atoms with Gasteiger partial charge >= 0.3 is 0 Å². The third-order valence-corrected chi connectivity index (χ3v) is 5.75. The van der Waals surface area contributed by atoms with E-state index >= 15 is 0 Å². The predicted octanol–water partition coefficient (Wildman–Crippen LogP) is 4.15. The van der Waals surface area contributed by atoms with Crippen LogP contribution in [-0.4, -0.2) is 53.9 Å². The van der Waals surface area contributed by atoms with Gasteiger partial charge in [0.2, 0.25) is 0 Å². The number of fused-ring (bicyclic) bond motifs is 2. The molecule has 2 aliphatic rings. The second-order valence-electron chi connectivity index (χ2n) is 8.39. The van der Waals surface area contributed by atoms with Crippen molar-refractivity contribution in [2.45, 2.75) is 19.8 Å². The Balaban J connectivity index is 0.000000560. The van der Waals surface area contributed by atoms with Gasteiger partial charge in [-0.25, -0.2) is 0 Å². The maximum Gasteiger partial charge on any atom is 0.300 e. The summed E-state index contributed by atoms with van der Waals surface area (Å²) in [5.41, 5.74) is 5.29. The number of rotatable bonds is 3. The summed E-state index contributed by atoms with van der Waals surface area (Å²) in [6.07, 6.45) is 2.16. The Morgan fingerprint density at radius 1 is 0.882 bits per heavy atom. The Bertz CT molecular complexity index is 1380. The van der Waals surface area contributed by atoms with Crippen molar-refractivity contribution in [1.29, 1.82) is 0 Å². The lowest BCUT2D eigenvalue weighted by Crippen LogP contribution is -2.30. The van der Waals surface area contributed by atoms with Gasteiger partial charge in [0.25, 0.3) is 5.97 Å². The van der Waals surface area contributed by atoms with Crippen molar-refractivity contribution in [3.05, 3.63) is 59.9 Å². The van der Waals surface area contributed by atoms with Crippen LogP contribution in [0.4, 0.5) is 0 Å². The molecule has 0 spiro atoms. The molecule has 0 amide bonds. The van der Waals surface area contributed by atoms with Crippen LogP contribution in [0.5, 0.6) is 0 Å². The average molecular weight is 458 g/mol. The van der Waals surface area contributed by atoms with E-state index < -0.39 is 5.97 Å². The fourth-order valence-corrected chi connectivity index (χ4v) is 4.17. The molecule has 0 atom stereocenters. The molecule has 2 aliphatic heterocycles. The van der Waals surface area contributed by atoms with Crippen LogP contribution < -0.4 is 10.6 Å². The number of carboxylic acids is 1. The summed E-state index contributed by atoms with van der Waals surface area (Å²) in [6.45, 7) is 4.76. The van der Waals surface area contributed by atoms with Gasteiger partial charge in [0.15, 0.2) is 11.6 Å². The fourth-order valence-electron chi connectivity index (χ4n) is 4.17. The van der Waals surface area contributed by atoms with Crippen LogP contribution in [0.1, 0.15) is 31.1 Å². The zero-order valence-corrected chi connectivity index (χ0v) is 19.0. The number of amidine groups is 2. The molecule has 0 fully saturated rings. The van der Waals surface area contributed by atoms with Crippen molar-refractivity contribution in [3.63, 3.8) is 0 Å². The molecule has 4 aromatic rings.